The molecular weight excluding hydrogens is 257 g/mol. The van der Waals surface area contributed by atoms with Crippen LogP contribution >= 0.6 is 23.2 Å². The fourth-order valence-electron chi connectivity index (χ4n) is 1.34. The first-order valence-electron chi connectivity index (χ1n) is 5.88. The second-order valence-electron chi connectivity index (χ2n) is 4.38. The molecule has 0 bridgehead atoms. The maximum absolute atomic E-state index is 5.89. The molecule has 1 aromatic carbocycles. The van der Waals surface area contributed by atoms with Crippen molar-refractivity contribution < 1.29 is 4.74 Å². The minimum atomic E-state index is 0.530. The molecule has 17 heavy (non-hydrogen) atoms. The van der Waals surface area contributed by atoms with Crippen LogP contribution < -0.4 is 10.1 Å². The van der Waals surface area contributed by atoms with E-state index in [0.29, 0.717) is 22.6 Å². The Balaban J connectivity index is 2.16. The van der Waals surface area contributed by atoms with Gasteiger partial charge in [-0.05, 0) is 37.6 Å². The smallest absolute Gasteiger partial charge is 0.120 e. The van der Waals surface area contributed by atoms with Crippen molar-refractivity contribution in [2.75, 3.05) is 19.7 Å². The Morgan fingerprint density at radius 2 is 2.00 bits per heavy atom. The first-order valence-corrected chi connectivity index (χ1v) is 6.63. The van der Waals surface area contributed by atoms with Crippen LogP contribution in [0.1, 0.15) is 20.3 Å². The topological polar surface area (TPSA) is 21.3 Å². The van der Waals surface area contributed by atoms with Crippen LogP contribution in [0.3, 0.4) is 0 Å². The van der Waals surface area contributed by atoms with Gasteiger partial charge in [0.2, 0.25) is 0 Å². The predicted molar refractivity (Wildman–Crippen MR) is 74.3 cm³/mol. The molecule has 0 fully saturated rings. The minimum absolute atomic E-state index is 0.530. The number of hydrogen-bond donors (Lipinski definition) is 1. The molecule has 1 rings (SSSR count). The molecule has 0 radical (unpaired) electrons. The molecule has 0 spiro atoms. The fraction of sp³-hybridized carbons (Fsp3) is 0.538. The van der Waals surface area contributed by atoms with E-state index in [2.05, 4.69) is 19.2 Å². The van der Waals surface area contributed by atoms with Crippen molar-refractivity contribution in [3.8, 4) is 5.75 Å². The van der Waals surface area contributed by atoms with Gasteiger partial charge in [-0.3, -0.25) is 0 Å². The summed E-state index contributed by atoms with van der Waals surface area (Å²) in [5.74, 6) is 1.45. The van der Waals surface area contributed by atoms with Crippen molar-refractivity contribution >= 4 is 23.2 Å². The van der Waals surface area contributed by atoms with Gasteiger partial charge in [-0.25, -0.2) is 0 Å². The summed E-state index contributed by atoms with van der Waals surface area (Å²) in [4.78, 5) is 0. The van der Waals surface area contributed by atoms with Crippen LogP contribution in [0, 0.1) is 5.92 Å². The van der Waals surface area contributed by atoms with Crippen molar-refractivity contribution in [3.05, 3.63) is 28.2 Å². The Kier molecular flexibility index (Phi) is 6.71. The van der Waals surface area contributed by atoms with Gasteiger partial charge in [-0.15, -0.1) is 0 Å². The van der Waals surface area contributed by atoms with E-state index in [1.165, 1.54) is 0 Å². The molecule has 2 nitrogen and oxygen atoms in total. The highest BCUT2D eigenvalue weighted by atomic mass is 35.5. The summed E-state index contributed by atoms with van der Waals surface area (Å²) in [7, 11) is 0. The molecule has 0 saturated carbocycles. The molecule has 0 aromatic heterocycles. The highest BCUT2D eigenvalue weighted by Gasteiger charge is 2.00. The molecule has 0 aliphatic rings. The lowest BCUT2D eigenvalue weighted by Gasteiger charge is -2.09. The Morgan fingerprint density at radius 3 is 2.65 bits per heavy atom. The van der Waals surface area contributed by atoms with Crippen LogP contribution in [0.4, 0.5) is 0 Å². The zero-order valence-corrected chi connectivity index (χ0v) is 11.8. The van der Waals surface area contributed by atoms with Gasteiger partial charge < -0.3 is 10.1 Å². The number of benzene rings is 1. The number of rotatable bonds is 7. The van der Waals surface area contributed by atoms with Crippen molar-refractivity contribution in [2.24, 2.45) is 5.92 Å². The van der Waals surface area contributed by atoms with Crippen molar-refractivity contribution in [1.82, 2.24) is 5.32 Å². The van der Waals surface area contributed by atoms with Crippen LogP contribution in [0.25, 0.3) is 0 Å². The van der Waals surface area contributed by atoms with E-state index in [1.807, 2.05) is 6.07 Å². The van der Waals surface area contributed by atoms with Gasteiger partial charge >= 0.3 is 0 Å². The number of nitrogens with one attached hydrogen (secondary N) is 1. The maximum atomic E-state index is 5.89. The second-order valence-corrected chi connectivity index (χ2v) is 5.19. The summed E-state index contributed by atoms with van der Waals surface area (Å²) in [6.07, 6.45) is 0.979. The Bertz CT molecular complexity index is 342. The molecule has 0 heterocycles. The van der Waals surface area contributed by atoms with Crippen LogP contribution in [-0.4, -0.2) is 19.7 Å². The standard InChI is InChI=1S/C13H19Cl2NO/c1-10(2)9-16-6-3-7-17-11-4-5-12(14)13(15)8-11/h4-5,8,10,16H,3,6-7,9H2,1-2H3. The highest BCUT2D eigenvalue weighted by molar-refractivity contribution is 6.42. The molecule has 0 aliphatic heterocycles. The molecule has 1 aromatic rings. The van der Waals surface area contributed by atoms with E-state index in [-0.39, 0.29) is 0 Å². The molecule has 0 atom stereocenters. The van der Waals surface area contributed by atoms with Crippen LogP contribution in [0.2, 0.25) is 10.0 Å². The molecule has 4 heteroatoms. The molecule has 0 amide bonds. The van der Waals surface area contributed by atoms with Crippen molar-refractivity contribution in [1.29, 1.82) is 0 Å². The third kappa shape index (κ3) is 6.16. The summed E-state index contributed by atoms with van der Waals surface area (Å²) >= 11 is 11.7. The summed E-state index contributed by atoms with van der Waals surface area (Å²) in [6.45, 7) is 7.09. The lowest BCUT2D eigenvalue weighted by atomic mass is 10.2. The molecule has 1 N–H and O–H groups in total. The molecule has 0 aliphatic carbocycles. The summed E-state index contributed by atoms with van der Waals surface area (Å²) in [5.41, 5.74) is 0. The summed E-state index contributed by atoms with van der Waals surface area (Å²) < 4.78 is 5.57. The van der Waals surface area contributed by atoms with Gasteiger partial charge in [0, 0.05) is 6.07 Å². The van der Waals surface area contributed by atoms with Crippen molar-refractivity contribution in [2.45, 2.75) is 20.3 Å². The Morgan fingerprint density at radius 1 is 1.24 bits per heavy atom. The van der Waals surface area contributed by atoms with E-state index in [0.717, 1.165) is 25.3 Å². The number of ether oxygens (including phenoxy) is 1. The molecule has 0 unspecified atom stereocenters. The summed E-state index contributed by atoms with van der Waals surface area (Å²) in [5, 5.41) is 4.45. The van der Waals surface area contributed by atoms with E-state index >= 15 is 0 Å². The first-order chi connectivity index (χ1) is 8.09. The second kappa shape index (κ2) is 7.80. The third-order valence-electron chi connectivity index (χ3n) is 2.21. The Labute approximate surface area is 113 Å². The van der Waals surface area contributed by atoms with Crippen LogP contribution in [0.15, 0.2) is 18.2 Å². The lowest BCUT2D eigenvalue weighted by molar-refractivity contribution is 0.307. The summed E-state index contributed by atoms with van der Waals surface area (Å²) in [6, 6.07) is 5.32. The zero-order chi connectivity index (χ0) is 12.7. The average molecular weight is 276 g/mol. The van der Waals surface area contributed by atoms with E-state index in [1.54, 1.807) is 12.1 Å². The van der Waals surface area contributed by atoms with Gasteiger partial charge in [0.1, 0.15) is 5.75 Å². The number of hydrogen-bond acceptors (Lipinski definition) is 2. The van der Waals surface area contributed by atoms with Crippen molar-refractivity contribution in [3.63, 3.8) is 0 Å². The van der Waals surface area contributed by atoms with Gasteiger partial charge in [0.05, 0.1) is 16.7 Å². The normalized spacial score (nSPS) is 10.9. The maximum Gasteiger partial charge on any atom is 0.120 e. The van der Waals surface area contributed by atoms with E-state index in [4.69, 9.17) is 27.9 Å². The number of halogens is 2. The quantitative estimate of drug-likeness (QED) is 0.760. The van der Waals surface area contributed by atoms with E-state index < -0.39 is 0 Å². The van der Waals surface area contributed by atoms with Gasteiger partial charge in [-0.1, -0.05) is 37.0 Å². The fourth-order valence-corrected chi connectivity index (χ4v) is 1.63. The zero-order valence-electron chi connectivity index (χ0n) is 10.3. The third-order valence-corrected chi connectivity index (χ3v) is 2.95. The Hall–Kier alpha value is -0.440. The highest BCUT2D eigenvalue weighted by Crippen LogP contribution is 2.26. The first kappa shape index (κ1) is 14.6. The lowest BCUT2D eigenvalue weighted by Crippen LogP contribution is -2.22. The molecule has 96 valence electrons. The largest absolute Gasteiger partial charge is 0.493 e. The van der Waals surface area contributed by atoms with Gasteiger partial charge in [-0.2, -0.15) is 0 Å². The minimum Gasteiger partial charge on any atom is -0.493 e. The molecule has 0 saturated heterocycles. The van der Waals surface area contributed by atoms with Crippen LogP contribution in [0.5, 0.6) is 5.75 Å². The molecular formula is C13H19Cl2NO. The SMILES string of the molecule is CC(C)CNCCCOc1ccc(Cl)c(Cl)c1. The average Bonchev–Trinajstić information content (AvgIpc) is 2.27. The monoisotopic (exact) mass is 275 g/mol. The van der Waals surface area contributed by atoms with E-state index in [9.17, 15) is 0 Å². The van der Waals surface area contributed by atoms with Crippen LogP contribution in [-0.2, 0) is 0 Å². The van der Waals surface area contributed by atoms with Gasteiger partial charge in [0.15, 0.2) is 0 Å². The van der Waals surface area contributed by atoms with Gasteiger partial charge in [0.25, 0.3) is 0 Å². The predicted octanol–water partition coefficient (Wildman–Crippen LogP) is 4.01.